The fraction of sp³-hybridized carbons (Fsp3) is 0.875. The molecule has 1 aliphatic heterocycles. The fourth-order valence-electron chi connectivity index (χ4n) is 1.86. The second kappa shape index (κ2) is 6.81. The number of nitrogens with one attached hydrogen (secondary N) is 1. The van der Waals surface area contributed by atoms with Gasteiger partial charge in [0.2, 0.25) is 0 Å². The summed E-state index contributed by atoms with van der Waals surface area (Å²) in [5.41, 5.74) is -0.583. The Balaban J connectivity index is 2.65. The molecule has 2 atom stereocenters. The zero-order chi connectivity index (χ0) is 18.1. The number of esters is 1. The first kappa shape index (κ1) is 20.0. The van der Waals surface area contributed by atoms with Crippen LogP contribution in [0.5, 0.6) is 0 Å². The molecule has 1 aliphatic rings. The Hall–Kier alpha value is -1.08. The Kier molecular flexibility index (Phi) is 5.91. The molecule has 6 nitrogen and oxygen atoms in total. The smallest absolute Gasteiger partial charge is 0.408 e. The van der Waals surface area contributed by atoms with Gasteiger partial charge in [-0.05, 0) is 38.9 Å². The summed E-state index contributed by atoms with van der Waals surface area (Å²) < 4.78 is 16.4. The van der Waals surface area contributed by atoms with Crippen LogP contribution in [0.15, 0.2) is 0 Å². The SMILES string of the molecule is CC(C)(C)OC(=O)N[C@@H]1COC(=O)[C@@H]1CO[Si](C)(C)C(C)(C)C. The predicted octanol–water partition coefficient (Wildman–Crippen LogP) is 3.07. The second-order valence-corrected chi connectivity index (χ2v) is 13.4. The molecule has 0 saturated carbocycles. The normalized spacial score (nSPS) is 22.7. The first-order valence-corrected chi connectivity index (χ1v) is 10.9. The number of ether oxygens (including phenoxy) is 2. The minimum atomic E-state index is -1.96. The number of rotatable bonds is 4. The van der Waals surface area contributed by atoms with Crippen molar-refractivity contribution in [2.75, 3.05) is 13.2 Å². The molecule has 0 unspecified atom stereocenters. The number of carbonyl (C=O) groups excluding carboxylic acids is 2. The number of hydrogen-bond donors (Lipinski definition) is 1. The average Bonchev–Trinajstić information content (AvgIpc) is 2.63. The molecule has 23 heavy (non-hydrogen) atoms. The van der Waals surface area contributed by atoms with Gasteiger partial charge in [0.15, 0.2) is 8.32 Å². The highest BCUT2D eigenvalue weighted by Gasteiger charge is 2.43. The molecule has 1 N–H and O–H groups in total. The van der Waals surface area contributed by atoms with Gasteiger partial charge in [-0.3, -0.25) is 4.79 Å². The van der Waals surface area contributed by atoms with Crippen LogP contribution >= 0.6 is 0 Å². The molecule has 7 heteroatoms. The number of amides is 1. The number of alkyl carbamates (subject to hydrolysis) is 1. The number of carbonyl (C=O) groups is 2. The monoisotopic (exact) mass is 345 g/mol. The maximum absolute atomic E-state index is 11.9. The molecule has 0 aliphatic carbocycles. The van der Waals surface area contributed by atoms with E-state index in [9.17, 15) is 9.59 Å². The van der Waals surface area contributed by atoms with E-state index in [0.717, 1.165) is 0 Å². The third-order valence-corrected chi connectivity index (χ3v) is 8.83. The molecular weight excluding hydrogens is 314 g/mol. The molecule has 0 radical (unpaired) electrons. The van der Waals surface area contributed by atoms with Crippen molar-refractivity contribution < 1.29 is 23.5 Å². The summed E-state index contributed by atoms with van der Waals surface area (Å²) in [6.45, 7) is 16.5. The molecule has 1 rings (SSSR count). The highest BCUT2D eigenvalue weighted by molar-refractivity contribution is 6.74. The van der Waals surface area contributed by atoms with E-state index < -0.39 is 32.0 Å². The maximum atomic E-state index is 11.9. The van der Waals surface area contributed by atoms with Gasteiger partial charge in [-0.1, -0.05) is 20.8 Å². The molecule has 0 spiro atoms. The average molecular weight is 346 g/mol. The van der Waals surface area contributed by atoms with Gasteiger partial charge in [-0.15, -0.1) is 0 Å². The van der Waals surface area contributed by atoms with Crippen LogP contribution in [-0.2, 0) is 18.7 Å². The highest BCUT2D eigenvalue weighted by Crippen LogP contribution is 2.37. The maximum Gasteiger partial charge on any atom is 0.408 e. The highest BCUT2D eigenvalue weighted by atomic mass is 28.4. The lowest BCUT2D eigenvalue weighted by molar-refractivity contribution is -0.142. The van der Waals surface area contributed by atoms with Gasteiger partial charge in [0.25, 0.3) is 0 Å². The van der Waals surface area contributed by atoms with Crippen molar-refractivity contribution in [2.24, 2.45) is 5.92 Å². The minimum Gasteiger partial charge on any atom is -0.463 e. The van der Waals surface area contributed by atoms with Crippen LogP contribution in [0.3, 0.4) is 0 Å². The summed E-state index contributed by atoms with van der Waals surface area (Å²) in [4.78, 5) is 23.8. The zero-order valence-corrected chi connectivity index (χ0v) is 16.6. The van der Waals surface area contributed by atoms with Crippen molar-refractivity contribution in [2.45, 2.75) is 71.3 Å². The van der Waals surface area contributed by atoms with Crippen molar-refractivity contribution >= 4 is 20.4 Å². The molecule has 0 aromatic carbocycles. The third-order valence-electron chi connectivity index (χ3n) is 4.33. The van der Waals surface area contributed by atoms with Gasteiger partial charge in [-0.25, -0.2) is 4.79 Å². The molecule has 1 heterocycles. The summed E-state index contributed by atoms with van der Waals surface area (Å²) in [6.07, 6.45) is -0.543. The topological polar surface area (TPSA) is 73.9 Å². The zero-order valence-electron chi connectivity index (χ0n) is 15.6. The summed E-state index contributed by atoms with van der Waals surface area (Å²) >= 11 is 0. The van der Waals surface area contributed by atoms with Crippen LogP contribution < -0.4 is 5.32 Å². The van der Waals surface area contributed by atoms with Gasteiger partial charge in [0.1, 0.15) is 18.1 Å². The number of cyclic esters (lactones) is 1. The predicted molar refractivity (Wildman–Crippen MR) is 90.8 cm³/mol. The van der Waals surface area contributed by atoms with Crippen LogP contribution in [0.4, 0.5) is 4.79 Å². The van der Waals surface area contributed by atoms with E-state index in [-0.39, 0.29) is 24.2 Å². The Labute approximate surface area is 140 Å². The van der Waals surface area contributed by atoms with E-state index in [2.05, 4.69) is 39.2 Å². The fourth-order valence-corrected chi connectivity index (χ4v) is 2.89. The van der Waals surface area contributed by atoms with E-state index >= 15 is 0 Å². The van der Waals surface area contributed by atoms with Gasteiger partial charge >= 0.3 is 12.1 Å². The summed E-state index contributed by atoms with van der Waals surface area (Å²) in [7, 11) is -1.96. The van der Waals surface area contributed by atoms with Crippen LogP contribution in [0.25, 0.3) is 0 Å². The van der Waals surface area contributed by atoms with E-state index in [1.165, 1.54) is 0 Å². The van der Waals surface area contributed by atoms with Gasteiger partial charge in [0, 0.05) is 6.61 Å². The Morgan fingerprint density at radius 1 is 1.26 bits per heavy atom. The molecule has 1 saturated heterocycles. The molecule has 1 fully saturated rings. The standard InChI is InChI=1S/C16H31NO5Si/c1-15(2,3)22-14(19)17-12-10-20-13(18)11(12)9-21-23(7,8)16(4,5)6/h11-12H,9-10H2,1-8H3,(H,17,19)/t11-,12-/m1/s1. The lowest BCUT2D eigenvalue weighted by Gasteiger charge is -2.37. The van der Waals surface area contributed by atoms with Crippen LogP contribution in [-0.4, -0.2) is 45.2 Å². The Morgan fingerprint density at radius 2 is 1.83 bits per heavy atom. The lowest BCUT2D eigenvalue weighted by Crippen LogP contribution is -2.47. The molecule has 0 aromatic heterocycles. The minimum absolute atomic E-state index is 0.0591. The first-order chi connectivity index (χ1) is 10.2. The van der Waals surface area contributed by atoms with E-state index in [4.69, 9.17) is 13.9 Å². The van der Waals surface area contributed by atoms with E-state index in [1.54, 1.807) is 20.8 Å². The van der Waals surface area contributed by atoms with Gasteiger partial charge < -0.3 is 19.2 Å². The van der Waals surface area contributed by atoms with E-state index in [1.807, 2.05) is 0 Å². The summed E-state index contributed by atoms with van der Waals surface area (Å²) in [5, 5.41) is 2.78. The van der Waals surface area contributed by atoms with E-state index in [0.29, 0.717) is 0 Å². The second-order valence-electron chi connectivity index (χ2n) is 8.56. The van der Waals surface area contributed by atoms with Crippen molar-refractivity contribution in [1.82, 2.24) is 5.32 Å². The van der Waals surface area contributed by atoms with Crippen molar-refractivity contribution in [1.29, 1.82) is 0 Å². The van der Waals surface area contributed by atoms with Crippen LogP contribution in [0, 0.1) is 5.92 Å². The molecule has 134 valence electrons. The third kappa shape index (κ3) is 5.80. The summed E-state index contributed by atoms with van der Waals surface area (Å²) in [5.74, 6) is -0.818. The van der Waals surface area contributed by atoms with Crippen molar-refractivity contribution in [3.63, 3.8) is 0 Å². The quantitative estimate of drug-likeness (QED) is 0.626. The van der Waals surface area contributed by atoms with Gasteiger partial charge in [-0.2, -0.15) is 0 Å². The Bertz CT molecular complexity index is 450. The largest absolute Gasteiger partial charge is 0.463 e. The molecular formula is C16H31NO5Si. The van der Waals surface area contributed by atoms with Gasteiger partial charge in [0.05, 0.1) is 6.04 Å². The first-order valence-electron chi connectivity index (χ1n) is 8.03. The van der Waals surface area contributed by atoms with Crippen LogP contribution in [0.1, 0.15) is 41.5 Å². The molecule has 1 amide bonds. The van der Waals surface area contributed by atoms with Crippen molar-refractivity contribution in [3.05, 3.63) is 0 Å². The van der Waals surface area contributed by atoms with Crippen LogP contribution in [0.2, 0.25) is 18.1 Å². The van der Waals surface area contributed by atoms with Crippen molar-refractivity contribution in [3.8, 4) is 0 Å². The molecule has 0 aromatic rings. The number of hydrogen-bond acceptors (Lipinski definition) is 5. The lowest BCUT2D eigenvalue weighted by atomic mass is 10.1. The Morgan fingerprint density at radius 3 is 2.30 bits per heavy atom. The summed E-state index contributed by atoms with van der Waals surface area (Å²) in [6, 6.07) is -0.415. The molecule has 0 bridgehead atoms.